The van der Waals surface area contributed by atoms with Gasteiger partial charge in [0.1, 0.15) is 11.8 Å². The fourth-order valence-electron chi connectivity index (χ4n) is 3.68. The monoisotopic (exact) mass is 474 g/mol. The fraction of sp³-hybridized carbons (Fsp3) is 0.333. The number of carbonyl (C=O) groups is 4. The topological polar surface area (TPSA) is 118 Å². The van der Waals surface area contributed by atoms with Crippen molar-refractivity contribution in [1.29, 1.82) is 0 Å². The molecule has 3 aromatic rings. The lowest BCUT2D eigenvalue weighted by molar-refractivity contribution is -0.119. The third-order valence-electron chi connectivity index (χ3n) is 5.73. The Morgan fingerprint density at radius 2 is 1.66 bits per heavy atom. The van der Waals surface area contributed by atoms with Crippen molar-refractivity contribution in [3.05, 3.63) is 66.0 Å². The average Bonchev–Trinajstić information content (AvgIpc) is 2.87. The van der Waals surface area contributed by atoms with Crippen LogP contribution in [0.5, 0.6) is 0 Å². The molecule has 0 radical (unpaired) electrons. The first-order valence-electron chi connectivity index (χ1n) is 11.8. The number of hydrogen-bond donors (Lipinski definition) is 2. The molecule has 8 heteroatoms. The molecule has 0 spiro atoms. The smallest absolute Gasteiger partial charge is 0.252 e. The third kappa shape index (κ3) is 7.53. The summed E-state index contributed by atoms with van der Waals surface area (Å²) < 4.78 is 0. The van der Waals surface area contributed by atoms with E-state index in [4.69, 9.17) is 0 Å². The SMILES string of the molecule is CCC(=O)CCCCC[C@H](NC(=O)c1ccc2nccnc2c1)C(=O)Nc1cccc(C(C)=O)c1. The first kappa shape index (κ1) is 25.7. The third-order valence-corrected chi connectivity index (χ3v) is 5.73. The van der Waals surface area contributed by atoms with Gasteiger partial charge in [-0.25, -0.2) is 0 Å². The summed E-state index contributed by atoms with van der Waals surface area (Å²) in [6.45, 7) is 3.30. The molecule has 1 heterocycles. The molecular formula is C27H30N4O4. The maximum absolute atomic E-state index is 13.1. The minimum absolute atomic E-state index is 0.105. The van der Waals surface area contributed by atoms with Crippen LogP contribution in [0, 0.1) is 0 Å². The molecule has 8 nitrogen and oxygen atoms in total. The Balaban J connectivity index is 1.71. The number of ketones is 2. The van der Waals surface area contributed by atoms with E-state index < -0.39 is 11.9 Å². The van der Waals surface area contributed by atoms with E-state index in [9.17, 15) is 19.2 Å². The summed E-state index contributed by atoms with van der Waals surface area (Å²) >= 11 is 0. The van der Waals surface area contributed by atoms with Gasteiger partial charge in [-0.05, 0) is 50.1 Å². The predicted octanol–water partition coefficient (Wildman–Crippen LogP) is 4.50. The van der Waals surface area contributed by atoms with Gasteiger partial charge < -0.3 is 10.6 Å². The van der Waals surface area contributed by atoms with Crippen molar-refractivity contribution in [1.82, 2.24) is 15.3 Å². The van der Waals surface area contributed by atoms with E-state index in [1.807, 2.05) is 6.92 Å². The van der Waals surface area contributed by atoms with Crippen molar-refractivity contribution >= 4 is 40.1 Å². The van der Waals surface area contributed by atoms with Gasteiger partial charge in [0.05, 0.1) is 11.0 Å². The van der Waals surface area contributed by atoms with E-state index in [2.05, 4.69) is 20.6 Å². The summed E-state index contributed by atoms with van der Waals surface area (Å²) in [6, 6.07) is 10.9. The molecule has 0 saturated carbocycles. The first-order chi connectivity index (χ1) is 16.9. The number of carbonyl (C=O) groups excluding carboxylic acids is 4. The highest BCUT2D eigenvalue weighted by atomic mass is 16.2. The minimum atomic E-state index is -0.789. The van der Waals surface area contributed by atoms with Crippen LogP contribution in [0.25, 0.3) is 11.0 Å². The van der Waals surface area contributed by atoms with Crippen LogP contribution < -0.4 is 10.6 Å². The zero-order valence-electron chi connectivity index (χ0n) is 20.0. The summed E-state index contributed by atoms with van der Waals surface area (Å²) in [5.41, 5.74) is 2.61. The van der Waals surface area contributed by atoms with Crippen molar-refractivity contribution in [2.45, 2.75) is 58.4 Å². The molecule has 0 saturated heterocycles. The average molecular weight is 475 g/mol. The lowest BCUT2D eigenvalue weighted by Gasteiger charge is -2.19. The Morgan fingerprint density at radius 3 is 2.40 bits per heavy atom. The zero-order valence-corrected chi connectivity index (χ0v) is 20.0. The molecule has 1 atom stereocenters. The Morgan fingerprint density at radius 1 is 0.886 bits per heavy atom. The van der Waals surface area contributed by atoms with Crippen LogP contribution in [0.2, 0.25) is 0 Å². The molecule has 0 aliphatic heterocycles. The summed E-state index contributed by atoms with van der Waals surface area (Å²) in [7, 11) is 0. The molecule has 35 heavy (non-hydrogen) atoms. The van der Waals surface area contributed by atoms with Gasteiger partial charge >= 0.3 is 0 Å². The van der Waals surface area contributed by atoms with Crippen molar-refractivity contribution in [3.63, 3.8) is 0 Å². The Labute approximate surface area is 204 Å². The number of rotatable bonds is 12. The normalized spacial score (nSPS) is 11.6. The van der Waals surface area contributed by atoms with Crippen LogP contribution in [0.15, 0.2) is 54.9 Å². The molecule has 0 fully saturated rings. The lowest BCUT2D eigenvalue weighted by atomic mass is 10.0. The molecule has 1 aromatic heterocycles. The fourth-order valence-corrected chi connectivity index (χ4v) is 3.68. The van der Waals surface area contributed by atoms with Crippen LogP contribution in [-0.2, 0) is 9.59 Å². The number of unbranched alkanes of at least 4 members (excludes halogenated alkanes) is 2. The first-order valence-corrected chi connectivity index (χ1v) is 11.8. The number of hydrogen-bond acceptors (Lipinski definition) is 6. The van der Waals surface area contributed by atoms with E-state index in [0.29, 0.717) is 53.5 Å². The number of nitrogens with zero attached hydrogens (tertiary/aromatic N) is 2. The molecule has 2 N–H and O–H groups in total. The van der Waals surface area contributed by atoms with Crippen LogP contribution in [-0.4, -0.2) is 39.4 Å². The van der Waals surface area contributed by atoms with Gasteiger partial charge in [-0.3, -0.25) is 29.1 Å². The molecule has 2 amide bonds. The maximum atomic E-state index is 13.1. The van der Waals surface area contributed by atoms with Gasteiger partial charge in [0, 0.05) is 42.0 Å². The summed E-state index contributed by atoms with van der Waals surface area (Å²) in [5.74, 6) is -0.648. The second-order valence-electron chi connectivity index (χ2n) is 8.40. The van der Waals surface area contributed by atoms with Gasteiger partial charge in [0.25, 0.3) is 5.91 Å². The quantitative estimate of drug-likeness (QED) is 0.295. The van der Waals surface area contributed by atoms with Crippen LogP contribution in [0.3, 0.4) is 0 Å². The Hall–Kier alpha value is -3.94. The van der Waals surface area contributed by atoms with Gasteiger partial charge in [0.2, 0.25) is 5.91 Å². The highest BCUT2D eigenvalue weighted by molar-refractivity contribution is 6.03. The van der Waals surface area contributed by atoms with Crippen LogP contribution >= 0.6 is 0 Å². The number of benzene rings is 2. The number of anilines is 1. The summed E-state index contributed by atoms with van der Waals surface area (Å²) in [4.78, 5) is 57.7. The Bertz CT molecular complexity index is 1220. The van der Waals surface area contributed by atoms with Crippen molar-refractivity contribution in [2.24, 2.45) is 0 Å². The van der Waals surface area contributed by atoms with E-state index in [1.54, 1.807) is 54.9 Å². The summed E-state index contributed by atoms with van der Waals surface area (Å²) in [6.07, 6.45) is 6.79. The molecule has 3 rings (SSSR count). The minimum Gasteiger partial charge on any atom is -0.340 e. The highest BCUT2D eigenvalue weighted by Gasteiger charge is 2.22. The van der Waals surface area contributed by atoms with Crippen molar-refractivity contribution in [2.75, 3.05) is 5.32 Å². The molecule has 0 aliphatic rings. The molecule has 182 valence electrons. The number of aromatic nitrogens is 2. The second-order valence-corrected chi connectivity index (χ2v) is 8.40. The summed E-state index contributed by atoms with van der Waals surface area (Å²) in [5, 5.41) is 5.64. The molecular weight excluding hydrogens is 444 g/mol. The van der Waals surface area contributed by atoms with E-state index in [-0.39, 0.29) is 17.5 Å². The lowest BCUT2D eigenvalue weighted by Crippen LogP contribution is -2.43. The van der Waals surface area contributed by atoms with Gasteiger partial charge in [-0.2, -0.15) is 0 Å². The van der Waals surface area contributed by atoms with E-state index in [0.717, 1.165) is 12.8 Å². The number of amides is 2. The molecule has 0 unspecified atom stereocenters. The standard InChI is InChI=1S/C27H30N4O4/c1-3-22(33)10-5-4-6-11-24(27(35)30-21-9-7-8-19(16-21)18(2)32)31-26(34)20-12-13-23-25(17-20)29-15-14-28-23/h7-9,12-17,24H,3-6,10-11H2,1-2H3,(H,30,35)(H,31,34)/t24-/m0/s1. The number of nitrogens with one attached hydrogen (secondary N) is 2. The largest absolute Gasteiger partial charge is 0.340 e. The number of Topliss-reactive ketones (excluding diaryl/α,β-unsaturated/α-hetero) is 2. The zero-order chi connectivity index (χ0) is 25.2. The highest BCUT2D eigenvalue weighted by Crippen LogP contribution is 2.15. The predicted molar refractivity (Wildman–Crippen MR) is 134 cm³/mol. The molecule has 2 aromatic carbocycles. The van der Waals surface area contributed by atoms with E-state index >= 15 is 0 Å². The van der Waals surface area contributed by atoms with Gasteiger partial charge in [-0.15, -0.1) is 0 Å². The second kappa shape index (κ2) is 12.5. The maximum Gasteiger partial charge on any atom is 0.252 e. The van der Waals surface area contributed by atoms with Crippen molar-refractivity contribution < 1.29 is 19.2 Å². The van der Waals surface area contributed by atoms with Gasteiger partial charge in [0.15, 0.2) is 5.78 Å². The number of fused-ring (bicyclic) bond motifs is 1. The van der Waals surface area contributed by atoms with Crippen molar-refractivity contribution in [3.8, 4) is 0 Å². The molecule has 0 aliphatic carbocycles. The van der Waals surface area contributed by atoms with Gasteiger partial charge in [-0.1, -0.05) is 31.9 Å². The Kier molecular flexibility index (Phi) is 9.17. The van der Waals surface area contributed by atoms with E-state index in [1.165, 1.54) is 6.92 Å². The molecule has 0 bridgehead atoms. The van der Waals surface area contributed by atoms with Crippen LogP contribution in [0.1, 0.15) is 73.1 Å². The van der Waals surface area contributed by atoms with Crippen LogP contribution in [0.4, 0.5) is 5.69 Å².